The molecule has 96 valence electrons. The number of hydrogen-bond donors (Lipinski definition) is 1. The zero-order valence-corrected chi connectivity index (χ0v) is 11.5. The van der Waals surface area contributed by atoms with Crippen LogP contribution in [0.15, 0.2) is 35.3 Å². The summed E-state index contributed by atoms with van der Waals surface area (Å²) in [6.07, 6.45) is 3.31. The molecule has 19 heavy (non-hydrogen) atoms. The van der Waals surface area contributed by atoms with Crippen molar-refractivity contribution in [1.29, 1.82) is 0 Å². The number of fused-ring (bicyclic) bond motifs is 1. The first-order valence-corrected chi connectivity index (χ1v) is 6.24. The number of anilines is 1. The van der Waals surface area contributed by atoms with Crippen LogP contribution in [0.25, 0.3) is 5.65 Å². The summed E-state index contributed by atoms with van der Waals surface area (Å²) in [5.74, 6) is -0.220. The molecular weight excluding hydrogens is 312 g/mol. The summed E-state index contributed by atoms with van der Waals surface area (Å²) in [5, 5.41) is 10.8. The highest BCUT2D eigenvalue weighted by molar-refractivity contribution is 9.10. The number of aromatic nitrogens is 5. The molecule has 0 saturated heterocycles. The molecule has 7 nitrogen and oxygen atoms in total. The first kappa shape index (κ1) is 11.8. The fourth-order valence-electron chi connectivity index (χ4n) is 1.72. The van der Waals surface area contributed by atoms with Crippen LogP contribution in [0.4, 0.5) is 5.69 Å². The van der Waals surface area contributed by atoms with E-state index in [0.29, 0.717) is 21.8 Å². The molecule has 0 aromatic carbocycles. The molecule has 0 radical (unpaired) electrons. The van der Waals surface area contributed by atoms with Gasteiger partial charge in [0.15, 0.2) is 5.65 Å². The summed E-state index contributed by atoms with van der Waals surface area (Å²) in [5.41, 5.74) is 1.79. The Balaban J connectivity index is 1.89. The molecule has 0 aliphatic rings. The Labute approximate surface area is 116 Å². The normalized spacial score (nSPS) is 10.8. The van der Waals surface area contributed by atoms with Gasteiger partial charge in [-0.05, 0) is 28.1 Å². The van der Waals surface area contributed by atoms with Crippen LogP contribution in [0, 0.1) is 0 Å². The molecule has 8 heteroatoms. The monoisotopic (exact) mass is 320 g/mol. The lowest BCUT2D eigenvalue weighted by Crippen LogP contribution is -2.16. The van der Waals surface area contributed by atoms with Crippen molar-refractivity contribution in [3.63, 3.8) is 0 Å². The van der Waals surface area contributed by atoms with E-state index in [2.05, 4.69) is 36.4 Å². The van der Waals surface area contributed by atoms with Gasteiger partial charge in [0.25, 0.3) is 5.91 Å². The Bertz CT molecular complexity index is 761. The smallest absolute Gasteiger partial charge is 0.273 e. The highest BCUT2D eigenvalue weighted by Gasteiger charge is 2.10. The van der Waals surface area contributed by atoms with E-state index in [4.69, 9.17) is 0 Å². The number of pyridine rings is 1. The van der Waals surface area contributed by atoms with Crippen LogP contribution in [0.3, 0.4) is 0 Å². The predicted molar refractivity (Wildman–Crippen MR) is 71.8 cm³/mol. The fourth-order valence-corrected chi connectivity index (χ4v) is 2.08. The second-order valence-corrected chi connectivity index (χ2v) is 4.60. The van der Waals surface area contributed by atoms with Gasteiger partial charge in [-0.25, -0.2) is 9.50 Å². The van der Waals surface area contributed by atoms with Gasteiger partial charge in [-0.3, -0.25) is 9.48 Å². The first-order chi connectivity index (χ1) is 9.13. The SMILES string of the molecule is Cn1nccc1C(=O)Nc1ccn2nc(Br)nc2c1. The second-order valence-electron chi connectivity index (χ2n) is 3.89. The molecule has 3 heterocycles. The third kappa shape index (κ3) is 2.22. The van der Waals surface area contributed by atoms with Gasteiger partial charge in [-0.2, -0.15) is 5.10 Å². The van der Waals surface area contributed by atoms with E-state index in [1.54, 1.807) is 42.2 Å². The maximum atomic E-state index is 12.0. The second kappa shape index (κ2) is 4.47. The predicted octanol–water partition coefficient (Wildman–Crippen LogP) is 1.48. The molecule has 0 bridgehead atoms. The summed E-state index contributed by atoms with van der Waals surface area (Å²) in [4.78, 5) is 16.2. The number of carbonyl (C=O) groups is 1. The minimum absolute atomic E-state index is 0.220. The van der Waals surface area contributed by atoms with Crippen LogP contribution in [-0.2, 0) is 7.05 Å². The maximum absolute atomic E-state index is 12.0. The molecule has 0 aliphatic carbocycles. The Kier molecular flexibility index (Phi) is 2.79. The quantitative estimate of drug-likeness (QED) is 0.775. The number of nitrogens with zero attached hydrogens (tertiary/aromatic N) is 5. The zero-order chi connectivity index (χ0) is 13.4. The van der Waals surface area contributed by atoms with Gasteiger partial charge in [0.05, 0.1) is 0 Å². The lowest BCUT2D eigenvalue weighted by molar-refractivity contribution is 0.101. The molecule has 3 aromatic heterocycles. The molecular formula is C11H9BrN6O. The minimum atomic E-state index is -0.220. The molecule has 0 unspecified atom stereocenters. The van der Waals surface area contributed by atoms with Gasteiger partial charge >= 0.3 is 0 Å². The Morgan fingerprint density at radius 3 is 3.00 bits per heavy atom. The van der Waals surface area contributed by atoms with Crippen molar-refractivity contribution < 1.29 is 4.79 Å². The van der Waals surface area contributed by atoms with Crippen molar-refractivity contribution in [2.45, 2.75) is 0 Å². The molecule has 1 N–H and O–H groups in total. The molecule has 0 saturated carbocycles. The van der Waals surface area contributed by atoms with Crippen molar-refractivity contribution in [1.82, 2.24) is 24.4 Å². The summed E-state index contributed by atoms with van der Waals surface area (Å²) >= 11 is 3.20. The van der Waals surface area contributed by atoms with Gasteiger partial charge in [0.2, 0.25) is 4.73 Å². The number of amides is 1. The number of nitrogens with one attached hydrogen (secondary N) is 1. The molecule has 1 amide bonds. The number of rotatable bonds is 2. The van der Waals surface area contributed by atoms with Crippen molar-refractivity contribution in [3.8, 4) is 0 Å². The van der Waals surface area contributed by atoms with Crippen LogP contribution >= 0.6 is 15.9 Å². The highest BCUT2D eigenvalue weighted by Crippen LogP contribution is 2.13. The molecule has 0 fully saturated rings. The minimum Gasteiger partial charge on any atom is -0.320 e. The van der Waals surface area contributed by atoms with Crippen LogP contribution in [0.2, 0.25) is 0 Å². The number of hydrogen-bond acceptors (Lipinski definition) is 4. The highest BCUT2D eigenvalue weighted by atomic mass is 79.9. The third-order valence-corrected chi connectivity index (χ3v) is 2.96. The molecule has 0 aliphatic heterocycles. The van der Waals surface area contributed by atoms with Crippen molar-refractivity contribution in [2.75, 3.05) is 5.32 Å². The summed E-state index contributed by atoms with van der Waals surface area (Å²) in [6, 6.07) is 5.15. The van der Waals surface area contributed by atoms with Crippen molar-refractivity contribution in [3.05, 3.63) is 41.0 Å². The Morgan fingerprint density at radius 1 is 1.42 bits per heavy atom. The van der Waals surface area contributed by atoms with Crippen molar-refractivity contribution >= 4 is 33.2 Å². The third-order valence-electron chi connectivity index (χ3n) is 2.62. The van der Waals surface area contributed by atoms with E-state index in [1.165, 1.54) is 4.68 Å². The average Bonchev–Trinajstić information content (AvgIpc) is 2.93. The molecule has 3 aromatic rings. The largest absolute Gasteiger partial charge is 0.320 e. The molecule has 0 spiro atoms. The van der Waals surface area contributed by atoms with Crippen LogP contribution in [0.1, 0.15) is 10.5 Å². The zero-order valence-electron chi connectivity index (χ0n) is 9.91. The fraction of sp³-hybridized carbons (Fsp3) is 0.0909. The van der Waals surface area contributed by atoms with Crippen molar-refractivity contribution in [2.24, 2.45) is 7.05 Å². The lowest BCUT2D eigenvalue weighted by atomic mass is 10.3. The standard InChI is InChI=1S/C11H9BrN6O/c1-17-8(2-4-13-17)10(19)14-7-3-5-18-9(6-7)15-11(12)16-18/h2-6H,1H3,(H,14,19). The van der Waals surface area contributed by atoms with Crippen LogP contribution < -0.4 is 5.32 Å². The Hall–Kier alpha value is -2.22. The van der Waals surface area contributed by atoms with E-state index < -0.39 is 0 Å². The van der Waals surface area contributed by atoms with Gasteiger partial charge in [0.1, 0.15) is 5.69 Å². The van der Waals surface area contributed by atoms with E-state index >= 15 is 0 Å². The topological polar surface area (TPSA) is 77.1 Å². The summed E-state index contributed by atoms with van der Waals surface area (Å²) < 4.78 is 3.63. The van der Waals surface area contributed by atoms with Gasteiger partial charge < -0.3 is 5.32 Å². The van der Waals surface area contributed by atoms with E-state index in [1.807, 2.05) is 0 Å². The van der Waals surface area contributed by atoms with E-state index in [9.17, 15) is 4.79 Å². The number of carbonyl (C=O) groups excluding carboxylic acids is 1. The number of aryl methyl sites for hydroxylation is 1. The van der Waals surface area contributed by atoms with Crippen LogP contribution in [-0.4, -0.2) is 30.3 Å². The van der Waals surface area contributed by atoms with E-state index in [-0.39, 0.29) is 5.91 Å². The lowest BCUT2D eigenvalue weighted by Gasteiger charge is -2.05. The summed E-state index contributed by atoms with van der Waals surface area (Å²) in [6.45, 7) is 0. The van der Waals surface area contributed by atoms with Gasteiger partial charge in [-0.15, -0.1) is 5.10 Å². The van der Waals surface area contributed by atoms with Gasteiger partial charge in [0, 0.05) is 31.2 Å². The molecule has 3 rings (SSSR count). The Morgan fingerprint density at radius 2 is 2.26 bits per heavy atom. The first-order valence-electron chi connectivity index (χ1n) is 5.45. The van der Waals surface area contributed by atoms with Gasteiger partial charge in [-0.1, -0.05) is 0 Å². The van der Waals surface area contributed by atoms with E-state index in [0.717, 1.165) is 0 Å². The molecule has 0 atom stereocenters. The maximum Gasteiger partial charge on any atom is 0.273 e. The number of halogens is 1. The average molecular weight is 321 g/mol. The van der Waals surface area contributed by atoms with Crippen LogP contribution in [0.5, 0.6) is 0 Å². The summed E-state index contributed by atoms with van der Waals surface area (Å²) in [7, 11) is 1.72.